The van der Waals surface area contributed by atoms with Gasteiger partial charge in [0.25, 0.3) is 11.8 Å². The van der Waals surface area contributed by atoms with Crippen molar-refractivity contribution in [2.45, 2.75) is 26.2 Å². The zero-order valence-electron chi connectivity index (χ0n) is 13.5. The molecule has 1 amide bonds. The summed E-state index contributed by atoms with van der Waals surface area (Å²) in [6.07, 6.45) is 0.838. The lowest BCUT2D eigenvalue weighted by molar-refractivity contribution is 0.0788. The van der Waals surface area contributed by atoms with Gasteiger partial charge in [0, 0.05) is 19.0 Å². The van der Waals surface area contributed by atoms with E-state index in [-0.39, 0.29) is 11.8 Å². The van der Waals surface area contributed by atoms with Gasteiger partial charge >= 0.3 is 0 Å². The summed E-state index contributed by atoms with van der Waals surface area (Å²) in [5.74, 6) is 2.76. The molecule has 7 heteroatoms. The number of carbonyl (C=O) groups is 1. The quantitative estimate of drug-likeness (QED) is 0.726. The first-order valence-electron chi connectivity index (χ1n) is 7.85. The molecule has 6 nitrogen and oxygen atoms in total. The number of thiophene rings is 1. The Balaban J connectivity index is 1.48. The highest BCUT2D eigenvalue weighted by Gasteiger charge is 2.32. The minimum absolute atomic E-state index is 0.00817. The number of aromatic nitrogens is 2. The Morgan fingerprint density at radius 1 is 1.42 bits per heavy atom. The predicted octanol–water partition coefficient (Wildman–Crippen LogP) is 3.64. The third kappa shape index (κ3) is 2.65. The van der Waals surface area contributed by atoms with Gasteiger partial charge in [0.1, 0.15) is 11.5 Å². The molecule has 0 unspecified atom stereocenters. The van der Waals surface area contributed by atoms with Crippen molar-refractivity contribution < 1.29 is 13.7 Å². The van der Waals surface area contributed by atoms with Crippen molar-refractivity contribution in [1.82, 2.24) is 15.0 Å². The van der Waals surface area contributed by atoms with E-state index in [2.05, 4.69) is 10.1 Å². The molecule has 3 aromatic heterocycles. The molecular formula is C17H17N3O3S. The van der Waals surface area contributed by atoms with Crippen molar-refractivity contribution in [3.8, 4) is 10.8 Å². The Bertz CT molecular complexity index is 866. The molecule has 1 aliphatic heterocycles. The largest absolute Gasteiger partial charge is 0.466 e. The van der Waals surface area contributed by atoms with Crippen LogP contribution in [0, 0.1) is 13.8 Å². The van der Waals surface area contributed by atoms with Gasteiger partial charge in [0.15, 0.2) is 5.82 Å². The number of aryl methyl sites for hydroxylation is 2. The van der Waals surface area contributed by atoms with Gasteiger partial charge in [0.05, 0.1) is 10.4 Å². The van der Waals surface area contributed by atoms with Crippen LogP contribution in [0.25, 0.3) is 10.8 Å². The average Bonchev–Trinajstić information content (AvgIpc) is 3.33. The number of carbonyl (C=O) groups excluding carboxylic acids is 1. The Morgan fingerprint density at radius 2 is 2.29 bits per heavy atom. The molecule has 0 aliphatic carbocycles. The third-order valence-electron chi connectivity index (χ3n) is 4.29. The Morgan fingerprint density at radius 3 is 3.00 bits per heavy atom. The summed E-state index contributed by atoms with van der Waals surface area (Å²) in [5.41, 5.74) is 0.639. The molecule has 3 aromatic rings. The number of hydrogen-bond donors (Lipinski definition) is 0. The van der Waals surface area contributed by atoms with Crippen molar-refractivity contribution in [2.24, 2.45) is 0 Å². The third-order valence-corrected chi connectivity index (χ3v) is 5.14. The number of furan rings is 1. The second-order valence-corrected chi connectivity index (χ2v) is 6.95. The first-order chi connectivity index (χ1) is 11.6. The summed E-state index contributed by atoms with van der Waals surface area (Å²) in [6, 6.07) is 5.71. The average molecular weight is 343 g/mol. The predicted molar refractivity (Wildman–Crippen MR) is 89.1 cm³/mol. The molecule has 4 rings (SSSR count). The van der Waals surface area contributed by atoms with Crippen LogP contribution in [0.3, 0.4) is 0 Å². The molecule has 0 N–H and O–H groups in total. The number of likely N-dealkylation sites (tertiary alicyclic amines) is 1. The summed E-state index contributed by atoms with van der Waals surface area (Å²) in [5, 5.41) is 6.08. The highest BCUT2D eigenvalue weighted by Crippen LogP contribution is 2.30. The van der Waals surface area contributed by atoms with Gasteiger partial charge in [-0.3, -0.25) is 4.79 Å². The Kier molecular flexibility index (Phi) is 3.72. The second kappa shape index (κ2) is 5.90. The molecule has 0 spiro atoms. The summed E-state index contributed by atoms with van der Waals surface area (Å²) >= 11 is 1.57. The van der Waals surface area contributed by atoms with Crippen LogP contribution in [-0.2, 0) is 0 Å². The van der Waals surface area contributed by atoms with Crippen molar-refractivity contribution in [3.05, 3.63) is 46.5 Å². The van der Waals surface area contributed by atoms with E-state index in [9.17, 15) is 4.79 Å². The Labute approximate surface area is 143 Å². The van der Waals surface area contributed by atoms with E-state index in [0.29, 0.717) is 36.1 Å². The zero-order valence-corrected chi connectivity index (χ0v) is 14.3. The van der Waals surface area contributed by atoms with Crippen molar-refractivity contribution >= 4 is 17.2 Å². The fraction of sp³-hybridized carbons (Fsp3) is 0.353. The summed E-state index contributed by atoms with van der Waals surface area (Å²) in [6.45, 7) is 4.96. The Hall–Kier alpha value is -2.41. The molecular weight excluding hydrogens is 326 g/mol. The lowest BCUT2D eigenvalue weighted by Crippen LogP contribution is -2.28. The molecule has 1 saturated heterocycles. The summed E-state index contributed by atoms with van der Waals surface area (Å²) in [7, 11) is 0. The van der Waals surface area contributed by atoms with Crippen LogP contribution < -0.4 is 0 Å². The van der Waals surface area contributed by atoms with Gasteiger partial charge < -0.3 is 13.8 Å². The number of amides is 1. The van der Waals surface area contributed by atoms with Crippen LogP contribution in [0.15, 0.2) is 32.5 Å². The number of hydrogen-bond acceptors (Lipinski definition) is 6. The van der Waals surface area contributed by atoms with E-state index >= 15 is 0 Å². The van der Waals surface area contributed by atoms with Crippen molar-refractivity contribution in [1.29, 1.82) is 0 Å². The number of rotatable bonds is 3. The molecule has 4 heterocycles. The first-order valence-corrected chi connectivity index (χ1v) is 8.73. The molecule has 0 bridgehead atoms. The minimum atomic E-state index is 0.00817. The van der Waals surface area contributed by atoms with Crippen molar-refractivity contribution in [3.63, 3.8) is 0 Å². The molecule has 0 aromatic carbocycles. The fourth-order valence-corrected chi connectivity index (χ4v) is 3.71. The maximum atomic E-state index is 12.7. The lowest BCUT2D eigenvalue weighted by Gasteiger charge is -2.15. The number of nitrogens with zero attached hydrogens (tertiary/aromatic N) is 3. The normalized spacial score (nSPS) is 17.6. The highest BCUT2D eigenvalue weighted by molar-refractivity contribution is 7.13. The van der Waals surface area contributed by atoms with Gasteiger partial charge in [0.2, 0.25) is 0 Å². The lowest BCUT2D eigenvalue weighted by atomic mass is 10.1. The topological polar surface area (TPSA) is 72.4 Å². The summed E-state index contributed by atoms with van der Waals surface area (Å²) in [4.78, 5) is 20.0. The van der Waals surface area contributed by atoms with Crippen LogP contribution in [0.5, 0.6) is 0 Å². The highest BCUT2D eigenvalue weighted by atomic mass is 32.1. The summed E-state index contributed by atoms with van der Waals surface area (Å²) < 4.78 is 10.8. The van der Waals surface area contributed by atoms with Gasteiger partial charge in [-0.1, -0.05) is 11.2 Å². The molecule has 0 saturated carbocycles. The molecule has 1 fully saturated rings. The van der Waals surface area contributed by atoms with E-state index in [4.69, 9.17) is 8.94 Å². The van der Waals surface area contributed by atoms with E-state index in [0.717, 1.165) is 17.1 Å². The van der Waals surface area contributed by atoms with Crippen LogP contribution in [-0.4, -0.2) is 34.0 Å². The van der Waals surface area contributed by atoms with Crippen LogP contribution >= 0.6 is 11.3 Å². The SMILES string of the molecule is Cc1cc(C(=O)N2CC[C@@H](c3noc(-c4cccs4)n3)C2)c(C)o1. The first kappa shape index (κ1) is 15.1. The molecule has 0 radical (unpaired) electrons. The van der Waals surface area contributed by atoms with E-state index in [1.807, 2.05) is 36.3 Å². The van der Waals surface area contributed by atoms with Crippen LogP contribution in [0.2, 0.25) is 0 Å². The van der Waals surface area contributed by atoms with E-state index in [1.165, 1.54) is 0 Å². The van der Waals surface area contributed by atoms with Crippen LogP contribution in [0.4, 0.5) is 0 Å². The van der Waals surface area contributed by atoms with Crippen LogP contribution in [0.1, 0.15) is 40.0 Å². The maximum Gasteiger partial charge on any atom is 0.267 e. The molecule has 124 valence electrons. The molecule has 24 heavy (non-hydrogen) atoms. The fourth-order valence-electron chi connectivity index (χ4n) is 3.07. The van der Waals surface area contributed by atoms with Gasteiger partial charge in [-0.15, -0.1) is 11.3 Å². The smallest absolute Gasteiger partial charge is 0.267 e. The van der Waals surface area contributed by atoms with Gasteiger partial charge in [-0.25, -0.2) is 0 Å². The molecule has 1 aliphatic rings. The van der Waals surface area contributed by atoms with Crippen molar-refractivity contribution in [2.75, 3.05) is 13.1 Å². The second-order valence-electron chi connectivity index (χ2n) is 6.00. The van der Waals surface area contributed by atoms with E-state index in [1.54, 1.807) is 17.4 Å². The van der Waals surface area contributed by atoms with Gasteiger partial charge in [-0.05, 0) is 37.8 Å². The molecule has 1 atom stereocenters. The minimum Gasteiger partial charge on any atom is -0.466 e. The standard InChI is InChI=1S/C17H17N3O3S/c1-10-8-13(11(2)22-10)17(21)20-6-5-12(9-20)15-18-16(23-19-15)14-4-3-7-24-14/h3-4,7-8,12H,5-6,9H2,1-2H3/t12-/m1/s1. The maximum absolute atomic E-state index is 12.7. The van der Waals surface area contributed by atoms with E-state index < -0.39 is 0 Å². The monoisotopic (exact) mass is 343 g/mol. The van der Waals surface area contributed by atoms with Gasteiger partial charge in [-0.2, -0.15) is 4.98 Å². The zero-order chi connectivity index (χ0) is 16.7.